The van der Waals surface area contributed by atoms with Crippen LogP contribution < -0.4 is 5.32 Å². The maximum Gasteiger partial charge on any atom is 0.251 e. The highest BCUT2D eigenvalue weighted by Crippen LogP contribution is 2.21. The van der Waals surface area contributed by atoms with Gasteiger partial charge < -0.3 is 9.88 Å². The van der Waals surface area contributed by atoms with Crippen molar-refractivity contribution in [3.63, 3.8) is 0 Å². The van der Waals surface area contributed by atoms with E-state index >= 15 is 0 Å². The number of carbonyl (C=O) groups is 1. The van der Waals surface area contributed by atoms with Gasteiger partial charge in [0.15, 0.2) is 0 Å². The molecule has 0 unspecified atom stereocenters. The molecule has 1 N–H and O–H groups in total. The number of pyridine rings is 1. The lowest BCUT2D eigenvalue weighted by Crippen LogP contribution is -2.23. The van der Waals surface area contributed by atoms with E-state index in [2.05, 4.69) is 15.3 Å². The van der Waals surface area contributed by atoms with Gasteiger partial charge in [0.2, 0.25) is 0 Å². The molecule has 0 saturated carbocycles. The maximum absolute atomic E-state index is 14.1. The fourth-order valence-electron chi connectivity index (χ4n) is 3.18. The van der Waals surface area contributed by atoms with Gasteiger partial charge in [0.25, 0.3) is 5.91 Å². The summed E-state index contributed by atoms with van der Waals surface area (Å²) >= 11 is 0. The molecule has 2 heterocycles. The van der Waals surface area contributed by atoms with Crippen LogP contribution in [0.4, 0.5) is 8.78 Å². The van der Waals surface area contributed by atoms with Gasteiger partial charge in [-0.25, -0.2) is 13.8 Å². The van der Waals surface area contributed by atoms with E-state index in [1.807, 2.05) is 25.1 Å². The Labute approximate surface area is 166 Å². The summed E-state index contributed by atoms with van der Waals surface area (Å²) in [5.41, 5.74) is 2.98. The molecule has 29 heavy (non-hydrogen) atoms. The number of halogens is 2. The summed E-state index contributed by atoms with van der Waals surface area (Å²) in [7, 11) is 0. The van der Waals surface area contributed by atoms with Crippen molar-refractivity contribution in [1.29, 1.82) is 0 Å². The number of rotatable bonds is 5. The van der Waals surface area contributed by atoms with Crippen molar-refractivity contribution in [2.24, 2.45) is 0 Å². The highest BCUT2D eigenvalue weighted by Gasteiger charge is 2.14. The maximum atomic E-state index is 14.1. The van der Waals surface area contributed by atoms with Gasteiger partial charge in [-0.1, -0.05) is 12.1 Å². The van der Waals surface area contributed by atoms with Crippen molar-refractivity contribution in [2.45, 2.75) is 20.0 Å². The number of aromatic nitrogens is 3. The first-order valence-electron chi connectivity index (χ1n) is 9.10. The van der Waals surface area contributed by atoms with Crippen molar-refractivity contribution < 1.29 is 13.6 Å². The van der Waals surface area contributed by atoms with E-state index in [9.17, 15) is 13.6 Å². The largest absolute Gasteiger partial charge is 0.346 e. The van der Waals surface area contributed by atoms with E-state index in [-0.39, 0.29) is 12.5 Å². The van der Waals surface area contributed by atoms with E-state index < -0.39 is 11.6 Å². The summed E-state index contributed by atoms with van der Waals surface area (Å²) in [5, 5.41) is 2.84. The van der Waals surface area contributed by atoms with Crippen molar-refractivity contribution in [3.05, 3.63) is 95.1 Å². The van der Waals surface area contributed by atoms with Crippen molar-refractivity contribution in [2.75, 3.05) is 0 Å². The summed E-state index contributed by atoms with van der Waals surface area (Å²) in [6.07, 6.45) is 1.67. The highest BCUT2D eigenvalue weighted by molar-refractivity contribution is 5.97. The molecule has 4 rings (SSSR count). The van der Waals surface area contributed by atoms with Crippen LogP contribution in [0.25, 0.3) is 11.0 Å². The molecule has 0 bridgehead atoms. The van der Waals surface area contributed by atoms with E-state index in [1.54, 1.807) is 29.0 Å². The first-order valence-corrected chi connectivity index (χ1v) is 9.10. The molecule has 0 aliphatic heterocycles. The minimum atomic E-state index is -0.620. The molecule has 0 spiro atoms. The Balaban J connectivity index is 1.61. The molecule has 4 aromatic rings. The SMILES string of the molecule is Cc1nc2ccc(C(=O)NCc3ccccn3)cc2n1Cc1ccc(F)cc1F. The Hall–Kier alpha value is -3.61. The Morgan fingerprint density at radius 2 is 1.97 bits per heavy atom. The molecule has 5 nitrogen and oxygen atoms in total. The molecule has 0 aliphatic carbocycles. The molecule has 0 saturated heterocycles. The standard InChI is InChI=1S/C22H18F2N4O/c1-14-27-20-8-6-15(22(29)26-12-18-4-2-3-9-25-18)10-21(20)28(14)13-16-5-7-17(23)11-19(16)24/h2-11H,12-13H2,1H3,(H,26,29). The molecule has 0 atom stereocenters. The number of carbonyl (C=O) groups excluding carboxylic acids is 1. The molecule has 2 aromatic heterocycles. The Morgan fingerprint density at radius 3 is 2.72 bits per heavy atom. The lowest BCUT2D eigenvalue weighted by molar-refractivity contribution is 0.0950. The van der Waals surface area contributed by atoms with Crippen LogP contribution in [-0.4, -0.2) is 20.4 Å². The molecule has 146 valence electrons. The molecule has 0 fully saturated rings. The minimum absolute atomic E-state index is 0.188. The van der Waals surface area contributed by atoms with Gasteiger partial charge in [-0.2, -0.15) is 0 Å². The van der Waals surface area contributed by atoms with Gasteiger partial charge in [0.05, 0.1) is 29.8 Å². The smallest absolute Gasteiger partial charge is 0.251 e. The molecule has 0 radical (unpaired) electrons. The van der Waals surface area contributed by atoms with Crippen LogP contribution in [0.15, 0.2) is 60.8 Å². The normalized spacial score (nSPS) is 11.0. The molecule has 2 aromatic carbocycles. The van der Waals surface area contributed by atoms with Gasteiger partial charge in [0.1, 0.15) is 17.5 Å². The number of imidazole rings is 1. The zero-order valence-corrected chi connectivity index (χ0v) is 15.7. The van der Waals surface area contributed by atoms with Crippen LogP contribution >= 0.6 is 0 Å². The average molecular weight is 392 g/mol. The number of hydrogen-bond donors (Lipinski definition) is 1. The van der Waals surface area contributed by atoms with Gasteiger partial charge in [-0.3, -0.25) is 9.78 Å². The summed E-state index contributed by atoms with van der Waals surface area (Å²) in [6.45, 7) is 2.31. The topological polar surface area (TPSA) is 59.8 Å². The van der Waals surface area contributed by atoms with Crippen molar-refractivity contribution in [1.82, 2.24) is 19.9 Å². The van der Waals surface area contributed by atoms with Gasteiger partial charge >= 0.3 is 0 Å². The number of aryl methyl sites for hydroxylation is 1. The predicted octanol–water partition coefficient (Wildman–Crippen LogP) is 4.00. The molecule has 1 amide bonds. The van der Waals surface area contributed by atoms with Crippen LogP contribution in [0.2, 0.25) is 0 Å². The molecular formula is C22H18F2N4O. The van der Waals surface area contributed by atoms with E-state index in [1.165, 1.54) is 12.1 Å². The second-order valence-electron chi connectivity index (χ2n) is 6.69. The molecule has 7 heteroatoms. The third-order valence-electron chi connectivity index (χ3n) is 4.70. The summed E-state index contributed by atoms with van der Waals surface area (Å²) in [6, 6.07) is 14.2. The van der Waals surface area contributed by atoms with Gasteiger partial charge in [-0.05, 0) is 43.3 Å². The zero-order chi connectivity index (χ0) is 20.4. The quantitative estimate of drug-likeness (QED) is 0.559. The number of fused-ring (bicyclic) bond motifs is 1. The van der Waals surface area contributed by atoms with Crippen molar-refractivity contribution in [3.8, 4) is 0 Å². The van der Waals surface area contributed by atoms with E-state index in [4.69, 9.17) is 0 Å². The van der Waals surface area contributed by atoms with E-state index in [0.29, 0.717) is 34.5 Å². The minimum Gasteiger partial charge on any atom is -0.346 e. The van der Waals surface area contributed by atoms with Gasteiger partial charge in [0, 0.05) is 23.4 Å². The third kappa shape index (κ3) is 3.99. The number of benzene rings is 2. The Kier molecular flexibility index (Phi) is 5.03. The fourth-order valence-corrected chi connectivity index (χ4v) is 3.18. The van der Waals surface area contributed by atoms with E-state index in [0.717, 1.165) is 11.8 Å². The van der Waals surface area contributed by atoms with Crippen LogP contribution in [0.1, 0.15) is 27.4 Å². The highest BCUT2D eigenvalue weighted by atomic mass is 19.1. The summed E-state index contributed by atoms with van der Waals surface area (Å²) in [4.78, 5) is 21.2. The second-order valence-corrected chi connectivity index (χ2v) is 6.69. The average Bonchev–Trinajstić information content (AvgIpc) is 3.03. The Morgan fingerprint density at radius 1 is 1.10 bits per heavy atom. The predicted molar refractivity (Wildman–Crippen MR) is 105 cm³/mol. The number of amides is 1. The monoisotopic (exact) mass is 392 g/mol. The van der Waals surface area contributed by atoms with Crippen molar-refractivity contribution >= 4 is 16.9 Å². The fraction of sp³-hybridized carbons (Fsp3) is 0.136. The molecule has 0 aliphatic rings. The van der Waals surface area contributed by atoms with Gasteiger partial charge in [-0.15, -0.1) is 0 Å². The van der Waals surface area contributed by atoms with Crippen LogP contribution in [0.5, 0.6) is 0 Å². The van der Waals surface area contributed by atoms with Crippen LogP contribution in [-0.2, 0) is 13.1 Å². The molecular weight excluding hydrogens is 374 g/mol. The first-order chi connectivity index (χ1) is 14.0. The second kappa shape index (κ2) is 7.79. The number of nitrogens with one attached hydrogen (secondary N) is 1. The summed E-state index contributed by atoms with van der Waals surface area (Å²) < 4.78 is 29.1. The van der Waals surface area contributed by atoms with Crippen LogP contribution in [0.3, 0.4) is 0 Å². The lowest BCUT2D eigenvalue weighted by atomic mass is 10.1. The number of nitrogens with zero attached hydrogens (tertiary/aromatic N) is 3. The first kappa shape index (κ1) is 18.7. The lowest BCUT2D eigenvalue weighted by Gasteiger charge is -2.09. The third-order valence-corrected chi connectivity index (χ3v) is 4.70. The van der Waals surface area contributed by atoms with Crippen LogP contribution in [0, 0.1) is 18.6 Å². The Bertz CT molecular complexity index is 1190. The summed E-state index contributed by atoms with van der Waals surface area (Å²) in [5.74, 6) is -0.800. The zero-order valence-electron chi connectivity index (χ0n) is 15.7. The number of hydrogen-bond acceptors (Lipinski definition) is 3.